The molecule has 1 aliphatic heterocycles. The van der Waals surface area contributed by atoms with Crippen molar-refractivity contribution in [1.29, 1.82) is 0 Å². The fraction of sp³-hybridized carbons (Fsp3) is 0.267. The van der Waals surface area contributed by atoms with Gasteiger partial charge in [-0.2, -0.15) is 0 Å². The van der Waals surface area contributed by atoms with E-state index >= 15 is 0 Å². The van der Waals surface area contributed by atoms with Crippen LogP contribution in [0.2, 0.25) is 5.02 Å². The smallest absolute Gasteiger partial charge is 0.151 e. The van der Waals surface area contributed by atoms with Crippen LogP contribution in [0.5, 0.6) is 0 Å². The quantitative estimate of drug-likeness (QED) is 0.927. The van der Waals surface area contributed by atoms with Crippen LogP contribution in [0.4, 0.5) is 21.6 Å². The van der Waals surface area contributed by atoms with E-state index in [-0.39, 0.29) is 5.82 Å². The lowest BCUT2D eigenvalue weighted by molar-refractivity contribution is 0.596. The Balaban J connectivity index is 1.72. The van der Waals surface area contributed by atoms with E-state index < -0.39 is 0 Å². The number of benzene rings is 1. The van der Waals surface area contributed by atoms with E-state index in [9.17, 15) is 4.39 Å². The van der Waals surface area contributed by atoms with Gasteiger partial charge in [-0.25, -0.2) is 9.37 Å². The maximum atomic E-state index is 13.9. The van der Waals surface area contributed by atoms with Crippen LogP contribution in [0.3, 0.4) is 0 Å². The summed E-state index contributed by atoms with van der Waals surface area (Å²) in [6, 6.07) is 8.44. The molecule has 0 amide bonds. The van der Waals surface area contributed by atoms with Crippen molar-refractivity contribution in [3.05, 3.63) is 47.4 Å². The van der Waals surface area contributed by atoms with E-state index in [0.717, 1.165) is 18.9 Å². The summed E-state index contributed by atoms with van der Waals surface area (Å²) in [6.45, 7) is 2.94. The third-order valence-corrected chi connectivity index (χ3v) is 3.88. The number of halogens is 2. The van der Waals surface area contributed by atoms with Gasteiger partial charge in [-0.15, -0.1) is 0 Å². The molecule has 21 heavy (non-hydrogen) atoms. The van der Waals surface area contributed by atoms with Gasteiger partial charge < -0.3 is 15.5 Å². The number of nitrogens with two attached hydrogens (primary N) is 1. The Hall–Kier alpha value is -2.01. The van der Waals surface area contributed by atoms with Crippen LogP contribution in [-0.2, 0) is 0 Å². The first-order chi connectivity index (χ1) is 10.1. The summed E-state index contributed by atoms with van der Waals surface area (Å²) in [6.07, 6.45) is 1.73. The van der Waals surface area contributed by atoms with Gasteiger partial charge in [-0.05, 0) is 30.3 Å². The maximum Gasteiger partial charge on any atom is 0.151 e. The molecule has 0 saturated carbocycles. The molecule has 2 aromatic rings. The Morgan fingerprint density at radius 1 is 1.10 bits per heavy atom. The number of hydrogen-bond acceptors (Lipinski definition) is 4. The molecule has 6 heteroatoms. The molecular weight excluding hydrogens is 291 g/mol. The second kappa shape index (κ2) is 5.77. The van der Waals surface area contributed by atoms with Crippen LogP contribution < -0.4 is 15.5 Å². The van der Waals surface area contributed by atoms with E-state index in [0.29, 0.717) is 29.5 Å². The van der Waals surface area contributed by atoms with Crippen LogP contribution in [0.1, 0.15) is 0 Å². The van der Waals surface area contributed by atoms with Crippen molar-refractivity contribution >= 4 is 28.8 Å². The van der Waals surface area contributed by atoms with E-state index in [2.05, 4.69) is 9.88 Å². The van der Waals surface area contributed by atoms with Gasteiger partial charge in [-0.3, -0.25) is 0 Å². The zero-order valence-corrected chi connectivity index (χ0v) is 12.2. The molecule has 1 fully saturated rings. The Morgan fingerprint density at radius 2 is 1.81 bits per heavy atom. The van der Waals surface area contributed by atoms with Gasteiger partial charge in [0.05, 0.1) is 11.4 Å². The van der Waals surface area contributed by atoms with E-state index in [1.807, 2.05) is 17.0 Å². The Labute approximate surface area is 127 Å². The minimum Gasteiger partial charge on any atom is -0.396 e. The highest BCUT2D eigenvalue weighted by Gasteiger charge is 2.21. The topological polar surface area (TPSA) is 45.4 Å². The van der Waals surface area contributed by atoms with E-state index in [1.54, 1.807) is 18.3 Å². The molecule has 0 unspecified atom stereocenters. The third-order valence-electron chi connectivity index (χ3n) is 3.65. The highest BCUT2D eigenvalue weighted by atomic mass is 35.5. The second-order valence-corrected chi connectivity index (χ2v) is 5.42. The molecule has 0 atom stereocenters. The number of rotatable bonds is 2. The first kappa shape index (κ1) is 13.9. The lowest BCUT2D eigenvalue weighted by Crippen LogP contribution is -2.47. The summed E-state index contributed by atoms with van der Waals surface area (Å²) in [5.41, 5.74) is 7.21. The summed E-state index contributed by atoms with van der Waals surface area (Å²) in [4.78, 5) is 8.46. The van der Waals surface area contributed by atoms with Crippen molar-refractivity contribution in [3.8, 4) is 0 Å². The normalized spacial score (nSPS) is 15.3. The van der Waals surface area contributed by atoms with Crippen LogP contribution in [0, 0.1) is 5.82 Å². The summed E-state index contributed by atoms with van der Waals surface area (Å²) in [5, 5.41) is 0.413. The number of nitrogen functional groups attached to an aromatic ring is 1. The standard InChI is InChI=1S/C15H16ClFN4/c16-11-3-4-14(12(17)10-11)20-6-8-21(9-7-20)15-13(18)2-1-5-19-15/h1-5,10H,6-9,18H2. The van der Waals surface area contributed by atoms with Crippen LogP contribution >= 0.6 is 11.6 Å². The van der Waals surface area contributed by atoms with E-state index in [1.165, 1.54) is 6.07 Å². The highest BCUT2D eigenvalue weighted by Crippen LogP contribution is 2.26. The molecule has 3 rings (SSSR count). The number of aromatic nitrogens is 1. The third kappa shape index (κ3) is 2.88. The minimum atomic E-state index is -0.284. The molecule has 1 saturated heterocycles. The van der Waals surface area contributed by atoms with Crippen molar-refractivity contribution in [3.63, 3.8) is 0 Å². The Kier molecular flexibility index (Phi) is 3.84. The minimum absolute atomic E-state index is 0.284. The first-order valence-electron chi connectivity index (χ1n) is 6.80. The van der Waals surface area contributed by atoms with Crippen LogP contribution in [0.25, 0.3) is 0 Å². The summed E-state index contributed by atoms with van der Waals surface area (Å²) in [5.74, 6) is 0.516. The van der Waals surface area contributed by atoms with Gasteiger partial charge in [0.15, 0.2) is 5.82 Å². The molecular formula is C15H16ClFN4. The number of piperazine rings is 1. The molecule has 1 aromatic carbocycles. The van der Waals surface area contributed by atoms with Crippen molar-refractivity contribution in [2.75, 3.05) is 41.7 Å². The molecule has 110 valence electrons. The number of hydrogen-bond donors (Lipinski definition) is 1. The van der Waals surface area contributed by atoms with Crippen molar-refractivity contribution in [2.45, 2.75) is 0 Å². The molecule has 2 N–H and O–H groups in total. The largest absolute Gasteiger partial charge is 0.396 e. The predicted molar refractivity (Wildman–Crippen MR) is 84.5 cm³/mol. The van der Waals surface area contributed by atoms with Gasteiger partial charge in [0.1, 0.15) is 5.82 Å². The van der Waals surface area contributed by atoms with Gasteiger partial charge in [0.25, 0.3) is 0 Å². The molecule has 4 nitrogen and oxygen atoms in total. The second-order valence-electron chi connectivity index (χ2n) is 4.99. The fourth-order valence-corrected chi connectivity index (χ4v) is 2.73. The van der Waals surface area contributed by atoms with Crippen LogP contribution in [-0.4, -0.2) is 31.2 Å². The predicted octanol–water partition coefficient (Wildman–Crippen LogP) is 2.78. The molecule has 2 heterocycles. The summed E-state index contributed by atoms with van der Waals surface area (Å²) >= 11 is 5.79. The van der Waals surface area contributed by atoms with Gasteiger partial charge in [0, 0.05) is 37.4 Å². The number of pyridine rings is 1. The lowest BCUT2D eigenvalue weighted by Gasteiger charge is -2.37. The zero-order valence-electron chi connectivity index (χ0n) is 11.5. The monoisotopic (exact) mass is 306 g/mol. The van der Waals surface area contributed by atoms with Crippen molar-refractivity contribution < 1.29 is 4.39 Å². The van der Waals surface area contributed by atoms with Gasteiger partial charge in [-0.1, -0.05) is 11.6 Å². The Morgan fingerprint density at radius 3 is 2.48 bits per heavy atom. The van der Waals surface area contributed by atoms with Gasteiger partial charge >= 0.3 is 0 Å². The zero-order chi connectivity index (χ0) is 14.8. The molecule has 1 aliphatic rings. The van der Waals surface area contributed by atoms with Crippen LogP contribution in [0.15, 0.2) is 36.5 Å². The summed E-state index contributed by atoms with van der Waals surface area (Å²) in [7, 11) is 0. The molecule has 0 spiro atoms. The fourth-order valence-electron chi connectivity index (χ4n) is 2.57. The average molecular weight is 307 g/mol. The Bertz CT molecular complexity index is 641. The van der Waals surface area contributed by atoms with Crippen molar-refractivity contribution in [2.24, 2.45) is 0 Å². The lowest BCUT2D eigenvalue weighted by atomic mass is 10.2. The van der Waals surface area contributed by atoms with Gasteiger partial charge in [0.2, 0.25) is 0 Å². The number of anilines is 3. The number of nitrogens with zero attached hydrogens (tertiary/aromatic N) is 3. The molecule has 0 aliphatic carbocycles. The molecule has 0 radical (unpaired) electrons. The maximum absolute atomic E-state index is 13.9. The van der Waals surface area contributed by atoms with Crippen molar-refractivity contribution in [1.82, 2.24) is 4.98 Å². The molecule has 1 aromatic heterocycles. The summed E-state index contributed by atoms with van der Waals surface area (Å²) < 4.78 is 13.9. The average Bonchev–Trinajstić information content (AvgIpc) is 2.48. The SMILES string of the molecule is Nc1cccnc1N1CCN(c2ccc(Cl)cc2F)CC1. The first-order valence-corrected chi connectivity index (χ1v) is 7.18. The van der Waals surface area contributed by atoms with E-state index in [4.69, 9.17) is 17.3 Å². The molecule has 0 bridgehead atoms. The highest BCUT2D eigenvalue weighted by molar-refractivity contribution is 6.30.